The highest BCUT2D eigenvalue weighted by atomic mass is 35.5. The Morgan fingerprint density at radius 2 is 1.59 bits per heavy atom. The fourth-order valence-corrected chi connectivity index (χ4v) is 3.82. The molecule has 1 heterocycles. The highest BCUT2D eigenvalue weighted by Crippen LogP contribution is 2.30. The smallest absolute Gasteiger partial charge is 0.262 e. The van der Waals surface area contributed by atoms with Gasteiger partial charge in [0, 0.05) is 0 Å². The number of fused-ring (bicyclic) bond motifs is 1. The third kappa shape index (κ3) is 3.35. The predicted molar refractivity (Wildman–Crippen MR) is 105 cm³/mol. The van der Waals surface area contributed by atoms with E-state index < -0.39 is 23.8 Å². The molecule has 1 aliphatic heterocycles. The second kappa shape index (κ2) is 7.16. The van der Waals surface area contributed by atoms with Crippen molar-refractivity contribution in [2.45, 2.75) is 33.7 Å². The van der Waals surface area contributed by atoms with Gasteiger partial charge in [-0.1, -0.05) is 43.6 Å². The number of hydrogen-bond donors (Lipinski definition) is 1. The Balaban J connectivity index is 1.95. The molecule has 0 aromatic heterocycles. The quantitative estimate of drug-likeness (QED) is 0.802. The molecule has 5 nitrogen and oxygen atoms in total. The van der Waals surface area contributed by atoms with Crippen LogP contribution in [0.5, 0.6) is 0 Å². The predicted octanol–water partition coefficient (Wildman–Crippen LogP) is 4.22. The number of carbonyl (C=O) groups excluding carboxylic acids is 3. The standard InChI is InChI=1S/C21H21ClN2O3/c1-11(2)18(19(25)23-17-13(4)9-12(3)10-16(17)22)24-20(26)14-7-5-6-8-15(14)21(24)27/h5-11,18H,1-4H3,(H,23,25). The highest BCUT2D eigenvalue weighted by molar-refractivity contribution is 6.34. The summed E-state index contributed by atoms with van der Waals surface area (Å²) in [5.41, 5.74) is 2.94. The van der Waals surface area contributed by atoms with Gasteiger partial charge in [-0.25, -0.2) is 0 Å². The number of nitrogens with one attached hydrogen (secondary N) is 1. The number of hydrogen-bond acceptors (Lipinski definition) is 3. The van der Waals surface area contributed by atoms with Crippen molar-refractivity contribution in [3.8, 4) is 0 Å². The Bertz CT molecular complexity index is 894. The number of amides is 3. The topological polar surface area (TPSA) is 66.5 Å². The van der Waals surface area contributed by atoms with Gasteiger partial charge in [-0.3, -0.25) is 19.3 Å². The van der Waals surface area contributed by atoms with Gasteiger partial charge < -0.3 is 5.32 Å². The van der Waals surface area contributed by atoms with Crippen LogP contribution in [0.4, 0.5) is 5.69 Å². The summed E-state index contributed by atoms with van der Waals surface area (Å²) in [6.07, 6.45) is 0. The molecule has 6 heteroatoms. The van der Waals surface area contributed by atoms with Crippen molar-refractivity contribution < 1.29 is 14.4 Å². The fourth-order valence-electron chi connectivity index (χ4n) is 3.45. The molecule has 0 saturated carbocycles. The van der Waals surface area contributed by atoms with E-state index in [9.17, 15) is 14.4 Å². The lowest BCUT2D eigenvalue weighted by Crippen LogP contribution is -2.50. The summed E-state index contributed by atoms with van der Waals surface area (Å²) in [5.74, 6) is -1.60. The normalized spacial score (nSPS) is 14.5. The van der Waals surface area contributed by atoms with Crippen LogP contribution >= 0.6 is 11.6 Å². The zero-order chi connectivity index (χ0) is 19.9. The third-order valence-corrected chi connectivity index (χ3v) is 4.98. The van der Waals surface area contributed by atoms with E-state index in [0.29, 0.717) is 21.8 Å². The van der Waals surface area contributed by atoms with Gasteiger partial charge >= 0.3 is 0 Å². The number of rotatable bonds is 4. The molecule has 0 spiro atoms. The number of anilines is 1. The van der Waals surface area contributed by atoms with Crippen LogP contribution in [0, 0.1) is 19.8 Å². The van der Waals surface area contributed by atoms with Gasteiger partial charge in [0.1, 0.15) is 6.04 Å². The maximum Gasteiger partial charge on any atom is 0.262 e. The van der Waals surface area contributed by atoms with Gasteiger partial charge in [0.25, 0.3) is 11.8 Å². The average Bonchev–Trinajstić information content (AvgIpc) is 2.84. The van der Waals surface area contributed by atoms with Crippen LogP contribution in [0.25, 0.3) is 0 Å². The maximum absolute atomic E-state index is 13.1. The molecule has 1 aliphatic rings. The molecule has 0 bridgehead atoms. The number of benzene rings is 2. The second-order valence-electron chi connectivity index (χ2n) is 7.14. The van der Waals surface area contributed by atoms with Gasteiger partial charge in [-0.2, -0.15) is 0 Å². The lowest BCUT2D eigenvalue weighted by molar-refractivity contribution is -0.121. The average molecular weight is 385 g/mol. The van der Waals surface area contributed by atoms with E-state index in [1.807, 2.05) is 19.9 Å². The van der Waals surface area contributed by atoms with Crippen molar-refractivity contribution >= 4 is 35.0 Å². The van der Waals surface area contributed by atoms with Crippen LogP contribution in [0.15, 0.2) is 36.4 Å². The number of carbonyl (C=O) groups is 3. The van der Waals surface area contributed by atoms with Crippen LogP contribution < -0.4 is 5.32 Å². The van der Waals surface area contributed by atoms with Gasteiger partial charge in [0.15, 0.2) is 0 Å². The molecule has 0 saturated heterocycles. The van der Waals surface area contributed by atoms with E-state index in [-0.39, 0.29) is 5.92 Å². The van der Waals surface area contributed by atoms with Crippen LogP contribution in [-0.2, 0) is 4.79 Å². The summed E-state index contributed by atoms with van der Waals surface area (Å²) in [6.45, 7) is 7.37. The monoisotopic (exact) mass is 384 g/mol. The van der Waals surface area contributed by atoms with Gasteiger partial charge in [-0.05, 0) is 49.1 Å². The Hall–Kier alpha value is -2.66. The summed E-state index contributed by atoms with van der Waals surface area (Å²) in [7, 11) is 0. The first-order valence-corrected chi connectivity index (χ1v) is 9.14. The zero-order valence-corrected chi connectivity index (χ0v) is 16.4. The Labute approximate surface area is 163 Å². The molecule has 0 fully saturated rings. The molecule has 3 rings (SSSR count). The Morgan fingerprint density at radius 3 is 2.07 bits per heavy atom. The first-order valence-electron chi connectivity index (χ1n) is 8.77. The van der Waals surface area contributed by atoms with Crippen molar-refractivity contribution in [3.63, 3.8) is 0 Å². The zero-order valence-electron chi connectivity index (χ0n) is 15.7. The lowest BCUT2D eigenvalue weighted by atomic mass is 10.0. The summed E-state index contributed by atoms with van der Waals surface area (Å²) in [4.78, 5) is 39.7. The van der Waals surface area contributed by atoms with E-state index in [1.165, 1.54) is 0 Å². The first-order chi connectivity index (χ1) is 12.7. The SMILES string of the molecule is Cc1cc(C)c(NC(=O)C(C(C)C)N2C(=O)c3ccccc3C2=O)c(Cl)c1. The van der Waals surface area contributed by atoms with Crippen molar-refractivity contribution in [3.05, 3.63) is 63.7 Å². The number of nitrogens with zero attached hydrogens (tertiary/aromatic N) is 1. The largest absolute Gasteiger partial charge is 0.323 e. The number of halogens is 1. The Morgan fingerprint density at radius 1 is 1.04 bits per heavy atom. The second-order valence-corrected chi connectivity index (χ2v) is 7.55. The minimum Gasteiger partial charge on any atom is -0.323 e. The first kappa shape index (κ1) is 19.1. The molecule has 2 aromatic carbocycles. The highest BCUT2D eigenvalue weighted by Gasteiger charge is 2.44. The van der Waals surface area contributed by atoms with E-state index in [0.717, 1.165) is 16.0 Å². The van der Waals surface area contributed by atoms with Crippen molar-refractivity contribution in [2.24, 2.45) is 5.92 Å². The molecule has 27 heavy (non-hydrogen) atoms. The molecule has 140 valence electrons. The van der Waals surface area contributed by atoms with Crippen molar-refractivity contribution in [1.82, 2.24) is 4.90 Å². The molecular weight excluding hydrogens is 364 g/mol. The van der Waals surface area contributed by atoms with Crippen LogP contribution in [0.1, 0.15) is 45.7 Å². The van der Waals surface area contributed by atoms with E-state index in [1.54, 1.807) is 44.2 Å². The molecular formula is C21H21ClN2O3. The molecule has 1 unspecified atom stereocenters. The van der Waals surface area contributed by atoms with E-state index in [4.69, 9.17) is 11.6 Å². The summed E-state index contributed by atoms with van der Waals surface area (Å²) in [6, 6.07) is 9.34. The molecule has 2 aromatic rings. The van der Waals surface area contributed by atoms with Crippen LogP contribution in [-0.4, -0.2) is 28.7 Å². The molecule has 0 aliphatic carbocycles. The molecule has 1 N–H and O–H groups in total. The molecule has 0 radical (unpaired) electrons. The lowest BCUT2D eigenvalue weighted by Gasteiger charge is -2.28. The summed E-state index contributed by atoms with van der Waals surface area (Å²) < 4.78 is 0. The molecule has 3 amide bonds. The van der Waals surface area contributed by atoms with Gasteiger partial charge in [0.05, 0.1) is 21.8 Å². The Kier molecular flexibility index (Phi) is 5.07. The van der Waals surface area contributed by atoms with Gasteiger partial charge in [0.2, 0.25) is 5.91 Å². The van der Waals surface area contributed by atoms with Crippen molar-refractivity contribution in [1.29, 1.82) is 0 Å². The molecule has 1 atom stereocenters. The minimum atomic E-state index is -0.936. The van der Waals surface area contributed by atoms with E-state index >= 15 is 0 Å². The number of aryl methyl sites for hydroxylation is 2. The third-order valence-electron chi connectivity index (χ3n) is 4.68. The summed E-state index contributed by atoms with van der Waals surface area (Å²) >= 11 is 6.29. The van der Waals surface area contributed by atoms with Crippen molar-refractivity contribution in [2.75, 3.05) is 5.32 Å². The minimum absolute atomic E-state index is 0.267. The van der Waals surface area contributed by atoms with Crippen LogP contribution in [0.2, 0.25) is 5.02 Å². The van der Waals surface area contributed by atoms with Gasteiger partial charge in [-0.15, -0.1) is 0 Å². The summed E-state index contributed by atoms with van der Waals surface area (Å²) in [5, 5.41) is 3.24. The fraction of sp³-hybridized carbons (Fsp3) is 0.286. The van der Waals surface area contributed by atoms with Crippen LogP contribution in [0.3, 0.4) is 0 Å². The number of imide groups is 1. The maximum atomic E-state index is 13.1. The van der Waals surface area contributed by atoms with E-state index in [2.05, 4.69) is 5.32 Å².